The number of hydrogen-bond acceptors (Lipinski definition) is 5. The van der Waals surface area contributed by atoms with Gasteiger partial charge in [0.15, 0.2) is 5.82 Å². The highest BCUT2D eigenvalue weighted by Crippen LogP contribution is 2.38. The van der Waals surface area contributed by atoms with Gasteiger partial charge in [-0.3, -0.25) is 24.4 Å². The highest BCUT2D eigenvalue weighted by atomic mass is 16.2. The van der Waals surface area contributed by atoms with Gasteiger partial charge in [0.05, 0.1) is 17.7 Å². The number of imide groups is 1. The van der Waals surface area contributed by atoms with E-state index in [0.717, 1.165) is 29.8 Å². The molecule has 0 radical (unpaired) electrons. The van der Waals surface area contributed by atoms with Crippen molar-refractivity contribution in [3.63, 3.8) is 0 Å². The molecule has 0 saturated heterocycles. The van der Waals surface area contributed by atoms with E-state index in [1.54, 1.807) is 48.5 Å². The lowest BCUT2D eigenvalue weighted by Crippen LogP contribution is -2.29. The van der Waals surface area contributed by atoms with Gasteiger partial charge in [-0.05, 0) is 54.8 Å². The zero-order valence-corrected chi connectivity index (χ0v) is 18.7. The van der Waals surface area contributed by atoms with E-state index in [0.29, 0.717) is 34.1 Å². The molecule has 8 heteroatoms. The number of fused-ring (bicyclic) bond motifs is 1. The van der Waals surface area contributed by atoms with Crippen molar-refractivity contribution in [1.82, 2.24) is 20.1 Å². The zero-order chi connectivity index (χ0) is 23.9. The van der Waals surface area contributed by atoms with Crippen molar-refractivity contribution in [3.05, 3.63) is 101 Å². The molecule has 8 nitrogen and oxygen atoms in total. The van der Waals surface area contributed by atoms with Crippen LogP contribution in [-0.2, 0) is 6.54 Å². The second kappa shape index (κ2) is 8.32. The van der Waals surface area contributed by atoms with Crippen molar-refractivity contribution in [1.29, 1.82) is 0 Å². The number of rotatable bonds is 6. The SMILES string of the molecule is O=C(Nc1cccc(-c2n[nH]c(C3CC3)n2)c1)c1ccc(CN2C(=O)c3ccccc3C2=O)cc1. The predicted molar refractivity (Wildman–Crippen MR) is 129 cm³/mol. The maximum Gasteiger partial charge on any atom is 0.261 e. The summed E-state index contributed by atoms with van der Waals surface area (Å²) < 4.78 is 0. The average Bonchev–Trinajstić information content (AvgIpc) is 3.57. The minimum absolute atomic E-state index is 0.149. The molecule has 1 aliphatic carbocycles. The molecule has 0 bridgehead atoms. The van der Waals surface area contributed by atoms with E-state index >= 15 is 0 Å². The molecule has 2 aliphatic rings. The Kier molecular flexibility index (Phi) is 4.99. The fourth-order valence-electron chi connectivity index (χ4n) is 4.21. The van der Waals surface area contributed by atoms with Crippen LogP contribution in [0.4, 0.5) is 5.69 Å². The number of hydrogen-bond donors (Lipinski definition) is 2. The Hall–Kier alpha value is -4.59. The van der Waals surface area contributed by atoms with Crippen molar-refractivity contribution < 1.29 is 14.4 Å². The van der Waals surface area contributed by atoms with Crippen LogP contribution in [0, 0.1) is 0 Å². The highest BCUT2D eigenvalue weighted by Gasteiger charge is 2.35. The van der Waals surface area contributed by atoms with E-state index in [1.165, 1.54) is 4.90 Å². The summed E-state index contributed by atoms with van der Waals surface area (Å²) >= 11 is 0. The van der Waals surface area contributed by atoms with Crippen molar-refractivity contribution in [2.45, 2.75) is 25.3 Å². The van der Waals surface area contributed by atoms with Gasteiger partial charge in [-0.1, -0.05) is 36.4 Å². The molecule has 3 amide bonds. The number of nitrogens with zero attached hydrogens (tertiary/aromatic N) is 3. The summed E-state index contributed by atoms with van der Waals surface area (Å²) in [6.07, 6.45) is 2.28. The first-order chi connectivity index (χ1) is 17.1. The maximum absolute atomic E-state index is 12.8. The van der Waals surface area contributed by atoms with E-state index in [9.17, 15) is 14.4 Å². The molecule has 1 aromatic heterocycles. The van der Waals surface area contributed by atoms with E-state index < -0.39 is 0 Å². The third-order valence-electron chi connectivity index (χ3n) is 6.28. The first-order valence-corrected chi connectivity index (χ1v) is 11.4. The monoisotopic (exact) mass is 463 g/mol. The first-order valence-electron chi connectivity index (χ1n) is 11.4. The summed E-state index contributed by atoms with van der Waals surface area (Å²) in [4.78, 5) is 43.8. The second-order valence-electron chi connectivity index (χ2n) is 8.79. The fraction of sp³-hybridized carbons (Fsp3) is 0.148. The van der Waals surface area contributed by atoms with Crippen molar-refractivity contribution in [2.24, 2.45) is 0 Å². The lowest BCUT2D eigenvalue weighted by Gasteiger charge is -2.14. The van der Waals surface area contributed by atoms with Crippen LogP contribution < -0.4 is 5.32 Å². The fourth-order valence-corrected chi connectivity index (χ4v) is 4.21. The van der Waals surface area contributed by atoms with Gasteiger partial charge in [0.2, 0.25) is 0 Å². The number of carbonyl (C=O) groups excluding carboxylic acids is 3. The molecule has 2 N–H and O–H groups in total. The third kappa shape index (κ3) is 3.99. The van der Waals surface area contributed by atoms with Gasteiger partial charge < -0.3 is 5.32 Å². The number of nitrogens with one attached hydrogen (secondary N) is 2. The zero-order valence-electron chi connectivity index (χ0n) is 18.7. The Labute approximate surface area is 201 Å². The summed E-state index contributed by atoms with van der Waals surface area (Å²) in [5, 5.41) is 10.2. The van der Waals surface area contributed by atoms with Crippen LogP contribution >= 0.6 is 0 Å². The predicted octanol–water partition coefficient (Wildman–Crippen LogP) is 4.40. The van der Waals surface area contributed by atoms with Gasteiger partial charge in [0.1, 0.15) is 5.82 Å². The van der Waals surface area contributed by atoms with Gasteiger partial charge in [0.25, 0.3) is 17.7 Å². The first kappa shape index (κ1) is 21.0. The number of aromatic nitrogens is 3. The molecule has 0 spiro atoms. The van der Waals surface area contributed by atoms with E-state index in [4.69, 9.17) is 0 Å². The van der Waals surface area contributed by atoms with E-state index in [1.807, 2.05) is 24.3 Å². The van der Waals surface area contributed by atoms with Crippen LogP contribution in [0.5, 0.6) is 0 Å². The molecule has 2 heterocycles. The third-order valence-corrected chi connectivity index (χ3v) is 6.28. The van der Waals surface area contributed by atoms with Crippen LogP contribution in [0.2, 0.25) is 0 Å². The standard InChI is InChI=1S/C27H21N5O3/c33-25(28-20-5-3-4-19(14-20)24-29-23(30-31-24)17-12-13-17)18-10-8-16(9-11-18)15-32-26(34)21-6-1-2-7-22(21)27(32)35/h1-11,14,17H,12-13,15H2,(H,28,33)(H,29,30,31). The smallest absolute Gasteiger partial charge is 0.261 e. The Morgan fingerprint density at radius 1 is 0.943 bits per heavy atom. The van der Waals surface area contributed by atoms with Crippen LogP contribution in [0.1, 0.15) is 61.2 Å². The number of amides is 3. The molecule has 1 fully saturated rings. The molecule has 1 saturated carbocycles. The Morgan fingerprint density at radius 2 is 1.66 bits per heavy atom. The van der Waals surface area contributed by atoms with Gasteiger partial charge in [-0.2, -0.15) is 5.10 Å². The number of H-pyrrole nitrogens is 1. The Morgan fingerprint density at radius 3 is 2.34 bits per heavy atom. The lowest BCUT2D eigenvalue weighted by atomic mass is 10.1. The topological polar surface area (TPSA) is 108 Å². The number of benzene rings is 3. The average molecular weight is 463 g/mol. The molecule has 172 valence electrons. The van der Waals surface area contributed by atoms with Crippen LogP contribution in [0.25, 0.3) is 11.4 Å². The summed E-state index contributed by atoms with van der Waals surface area (Å²) in [7, 11) is 0. The molecule has 0 atom stereocenters. The Bertz CT molecular complexity index is 1440. The van der Waals surface area contributed by atoms with Crippen LogP contribution in [0.15, 0.2) is 72.8 Å². The quantitative estimate of drug-likeness (QED) is 0.412. The van der Waals surface area contributed by atoms with Crippen LogP contribution in [0.3, 0.4) is 0 Å². The Balaban J connectivity index is 1.13. The van der Waals surface area contributed by atoms with Gasteiger partial charge in [-0.25, -0.2) is 4.98 Å². The molecule has 4 aromatic rings. The van der Waals surface area contributed by atoms with Gasteiger partial charge >= 0.3 is 0 Å². The number of aromatic amines is 1. The second-order valence-corrected chi connectivity index (χ2v) is 8.79. The molecule has 3 aromatic carbocycles. The minimum atomic E-state index is -0.303. The molecular weight excluding hydrogens is 442 g/mol. The summed E-state index contributed by atoms with van der Waals surface area (Å²) in [6, 6.07) is 21.1. The number of carbonyl (C=O) groups is 3. The minimum Gasteiger partial charge on any atom is -0.322 e. The summed E-state index contributed by atoms with van der Waals surface area (Å²) in [6.45, 7) is 0.149. The maximum atomic E-state index is 12.8. The highest BCUT2D eigenvalue weighted by molar-refractivity contribution is 6.21. The van der Waals surface area contributed by atoms with E-state index in [2.05, 4.69) is 20.5 Å². The van der Waals surface area contributed by atoms with E-state index in [-0.39, 0.29) is 24.3 Å². The largest absolute Gasteiger partial charge is 0.322 e. The molecule has 6 rings (SSSR count). The van der Waals surface area contributed by atoms with Gasteiger partial charge in [0, 0.05) is 22.7 Å². The molecular formula is C27H21N5O3. The molecule has 0 unspecified atom stereocenters. The summed E-state index contributed by atoms with van der Waals surface area (Å²) in [5.74, 6) is 1.14. The van der Waals surface area contributed by atoms with Crippen LogP contribution in [-0.4, -0.2) is 37.8 Å². The lowest BCUT2D eigenvalue weighted by molar-refractivity contribution is 0.0642. The van der Waals surface area contributed by atoms with Crippen molar-refractivity contribution in [3.8, 4) is 11.4 Å². The van der Waals surface area contributed by atoms with Gasteiger partial charge in [-0.15, -0.1) is 0 Å². The number of anilines is 1. The summed E-state index contributed by atoms with van der Waals surface area (Å²) in [5.41, 5.74) is 3.53. The normalized spacial score (nSPS) is 14.8. The van der Waals surface area contributed by atoms with Crippen molar-refractivity contribution in [2.75, 3.05) is 5.32 Å². The molecule has 1 aliphatic heterocycles. The van der Waals surface area contributed by atoms with Crippen molar-refractivity contribution >= 4 is 23.4 Å². The molecule has 35 heavy (non-hydrogen) atoms.